The number of hydrogen-bond acceptors (Lipinski definition) is 1. The molecule has 2 nitrogen and oxygen atoms in total. The summed E-state index contributed by atoms with van der Waals surface area (Å²) in [5.74, 6) is -0.621. The molecule has 0 saturated carbocycles. The Hall–Kier alpha value is -1.16. The molecule has 0 aliphatic carbocycles. The van der Waals surface area contributed by atoms with E-state index in [-0.39, 0.29) is 11.9 Å². The van der Waals surface area contributed by atoms with Gasteiger partial charge in [-0.05, 0) is 48.0 Å². The molecule has 4 heteroatoms. The quantitative estimate of drug-likeness (QED) is 0.778. The van der Waals surface area contributed by atoms with Crippen LogP contribution in [-0.4, -0.2) is 23.4 Å². The molecule has 0 fully saturated rings. The van der Waals surface area contributed by atoms with E-state index in [2.05, 4.69) is 22.5 Å². The summed E-state index contributed by atoms with van der Waals surface area (Å²) < 4.78 is 13.7. The lowest BCUT2D eigenvalue weighted by atomic mass is 10.1. The van der Waals surface area contributed by atoms with E-state index in [0.29, 0.717) is 16.6 Å². The Labute approximate surface area is 109 Å². The summed E-state index contributed by atoms with van der Waals surface area (Å²) in [4.78, 5) is 13.8. The van der Waals surface area contributed by atoms with Crippen molar-refractivity contribution in [3.63, 3.8) is 0 Å². The Morgan fingerprint density at radius 1 is 1.59 bits per heavy atom. The zero-order valence-corrected chi connectivity index (χ0v) is 11.5. The van der Waals surface area contributed by atoms with Gasteiger partial charge in [-0.25, -0.2) is 4.39 Å². The first kappa shape index (κ1) is 13.9. The highest BCUT2D eigenvalue weighted by molar-refractivity contribution is 9.10. The van der Waals surface area contributed by atoms with Gasteiger partial charge in [-0.15, -0.1) is 6.58 Å². The van der Waals surface area contributed by atoms with E-state index in [1.165, 1.54) is 12.1 Å². The maximum absolute atomic E-state index is 13.4. The van der Waals surface area contributed by atoms with Crippen LogP contribution >= 0.6 is 15.9 Å². The first-order valence-electron chi connectivity index (χ1n) is 5.34. The molecule has 1 aromatic carbocycles. The molecule has 0 aliphatic heterocycles. The van der Waals surface area contributed by atoms with Gasteiger partial charge in [0.05, 0.1) is 4.47 Å². The molecule has 0 spiro atoms. The van der Waals surface area contributed by atoms with Crippen LogP contribution in [0.2, 0.25) is 0 Å². The van der Waals surface area contributed by atoms with Crippen LogP contribution in [0.5, 0.6) is 0 Å². The highest BCUT2D eigenvalue weighted by Crippen LogP contribution is 2.18. The third-order valence-corrected chi connectivity index (χ3v) is 3.02. The van der Waals surface area contributed by atoms with Crippen LogP contribution in [-0.2, 0) is 0 Å². The van der Waals surface area contributed by atoms with Gasteiger partial charge in [0.15, 0.2) is 0 Å². The van der Waals surface area contributed by atoms with Crippen molar-refractivity contribution in [3.05, 3.63) is 46.7 Å². The topological polar surface area (TPSA) is 20.3 Å². The SMILES string of the molecule is C=CCN(C(=O)c1ccc(Br)c(F)c1)C(C)C. The van der Waals surface area contributed by atoms with Gasteiger partial charge in [0.1, 0.15) is 5.82 Å². The Kier molecular flexibility index (Phi) is 4.87. The zero-order valence-electron chi connectivity index (χ0n) is 9.91. The average molecular weight is 300 g/mol. The predicted molar refractivity (Wildman–Crippen MR) is 70.5 cm³/mol. The van der Waals surface area contributed by atoms with Crippen LogP contribution in [0.3, 0.4) is 0 Å². The van der Waals surface area contributed by atoms with E-state index in [4.69, 9.17) is 0 Å². The number of hydrogen-bond donors (Lipinski definition) is 0. The van der Waals surface area contributed by atoms with Gasteiger partial charge < -0.3 is 4.90 Å². The van der Waals surface area contributed by atoms with Crippen LogP contribution in [0, 0.1) is 5.82 Å². The van der Waals surface area contributed by atoms with E-state index in [9.17, 15) is 9.18 Å². The van der Waals surface area contributed by atoms with Crippen LogP contribution in [0.1, 0.15) is 24.2 Å². The molecule has 0 saturated heterocycles. The summed E-state index contributed by atoms with van der Waals surface area (Å²) in [5.41, 5.74) is 0.348. The molecule has 0 atom stereocenters. The predicted octanol–water partition coefficient (Wildman–Crippen LogP) is 3.62. The molecule has 0 heterocycles. The van der Waals surface area contributed by atoms with Gasteiger partial charge in [-0.3, -0.25) is 4.79 Å². The van der Waals surface area contributed by atoms with Gasteiger partial charge >= 0.3 is 0 Å². The van der Waals surface area contributed by atoms with Crippen molar-refractivity contribution in [1.29, 1.82) is 0 Å². The number of amides is 1. The lowest BCUT2D eigenvalue weighted by molar-refractivity contribution is 0.0728. The van der Waals surface area contributed by atoms with Crippen molar-refractivity contribution < 1.29 is 9.18 Å². The Balaban J connectivity index is 3.00. The lowest BCUT2D eigenvalue weighted by Gasteiger charge is -2.25. The molecular formula is C13H15BrFNO. The zero-order chi connectivity index (χ0) is 13.0. The fraction of sp³-hybridized carbons (Fsp3) is 0.308. The molecule has 0 radical (unpaired) electrons. The highest BCUT2D eigenvalue weighted by atomic mass is 79.9. The summed E-state index contributed by atoms with van der Waals surface area (Å²) in [7, 11) is 0. The van der Waals surface area contributed by atoms with Crippen molar-refractivity contribution >= 4 is 21.8 Å². The number of carbonyl (C=O) groups is 1. The Morgan fingerprint density at radius 2 is 2.24 bits per heavy atom. The van der Waals surface area contributed by atoms with Gasteiger partial charge in [0.25, 0.3) is 5.91 Å². The van der Waals surface area contributed by atoms with Crippen molar-refractivity contribution in [2.24, 2.45) is 0 Å². The van der Waals surface area contributed by atoms with E-state index in [1.54, 1.807) is 17.0 Å². The van der Waals surface area contributed by atoms with E-state index in [1.807, 2.05) is 13.8 Å². The standard InChI is InChI=1S/C13H15BrFNO/c1-4-7-16(9(2)3)13(17)10-5-6-11(14)12(15)8-10/h4-6,8-9H,1,7H2,2-3H3. The highest BCUT2D eigenvalue weighted by Gasteiger charge is 2.18. The van der Waals surface area contributed by atoms with Gasteiger partial charge in [-0.1, -0.05) is 6.08 Å². The van der Waals surface area contributed by atoms with Crippen molar-refractivity contribution in [2.45, 2.75) is 19.9 Å². The molecule has 92 valence electrons. The second-order valence-corrected chi connectivity index (χ2v) is 4.82. The molecule has 0 bridgehead atoms. The molecule has 0 unspecified atom stereocenters. The van der Waals surface area contributed by atoms with E-state index < -0.39 is 5.82 Å². The summed E-state index contributed by atoms with van der Waals surface area (Å²) in [6.07, 6.45) is 1.66. The fourth-order valence-corrected chi connectivity index (χ4v) is 1.71. The van der Waals surface area contributed by atoms with Gasteiger partial charge in [-0.2, -0.15) is 0 Å². The Bertz CT molecular complexity index is 431. The maximum Gasteiger partial charge on any atom is 0.254 e. The molecule has 1 rings (SSSR count). The molecule has 1 aromatic rings. The molecular weight excluding hydrogens is 285 g/mol. The number of nitrogens with zero attached hydrogens (tertiary/aromatic N) is 1. The maximum atomic E-state index is 13.4. The van der Waals surface area contributed by atoms with Crippen molar-refractivity contribution in [2.75, 3.05) is 6.54 Å². The largest absolute Gasteiger partial charge is 0.333 e. The number of benzene rings is 1. The molecule has 0 aliphatic rings. The van der Waals surface area contributed by atoms with Gasteiger partial charge in [0.2, 0.25) is 0 Å². The van der Waals surface area contributed by atoms with Crippen LogP contribution < -0.4 is 0 Å². The first-order valence-corrected chi connectivity index (χ1v) is 6.13. The minimum atomic E-state index is -0.432. The van der Waals surface area contributed by atoms with Crippen molar-refractivity contribution in [3.8, 4) is 0 Å². The minimum Gasteiger partial charge on any atom is -0.333 e. The number of halogens is 2. The third kappa shape index (κ3) is 3.40. The van der Waals surface area contributed by atoms with Crippen LogP contribution in [0.25, 0.3) is 0 Å². The van der Waals surface area contributed by atoms with Crippen molar-refractivity contribution in [1.82, 2.24) is 4.90 Å². The minimum absolute atomic E-state index is 0.0483. The Morgan fingerprint density at radius 3 is 2.71 bits per heavy atom. The molecule has 0 N–H and O–H groups in total. The van der Waals surface area contributed by atoms with E-state index >= 15 is 0 Å². The summed E-state index contributed by atoms with van der Waals surface area (Å²) in [6.45, 7) is 7.89. The third-order valence-electron chi connectivity index (χ3n) is 2.38. The van der Waals surface area contributed by atoms with E-state index in [0.717, 1.165) is 0 Å². The lowest BCUT2D eigenvalue weighted by Crippen LogP contribution is -2.37. The summed E-state index contributed by atoms with van der Waals surface area (Å²) in [5, 5.41) is 0. The van der Waals surface area contributed by atoms with Crippen LogP contribution in [0.15, 0.2) is 35.3 Å². The fourth-order valence-electron chi connectivity index (χ4n) is 1.46. The summed E-state index contributed by atoms with van der Waals surface area (Å²) in [6, 6.07) is 4.43. The second-order valence-electron chi connectivity index (χ2n) is 3.97. The molecule has 17 heavy (non-hydrogen) atoms. The molecule has 1 amide bonds. The monoisotopic (exact) mass is 299 g/mol. The molecule has 0 aromatic heterocycles. The average Bonchev–Trinajstić information content (AvgIpc) is 2.28. The second kappa shape index (κ2) is 5.96. The summed E-state index contributed by atoms with van der Waals surface area (Å²) >= 11 is 3.06. The number of carbonyl (C=O) groups excluding carboxylic acids is 1. The smallest absolute Gasteiger partial charge is 0.254 e. The number of rotatable bonds is 4. The van der Waals surface area contributed by atoms with Crippen LogP contribution in [0.4, 0.5) is 4.39 Å². The van der Waals surface area contributed by atoms with Gasteiger partial charge in [0, 0.05) is 18.2 Å². The first-order chi connectivity index (χ1) is 7.97. The normalized spacial score (nSPS) is 10.4.